The second-order valence-electron chi connectivity index (χ2n) is 5.05. The number of likely N-dealkylation sites (N-methyl/N-ethyl adjacent to an activating group) is 1. The molecule has 1 atom stereocenters. The predicted molar refractivity (Wildman–Crippen MR) is 79.6 cm³/mol. The molecule has 0 aromatic heterocycles. The molecule has 4 nitrogen and oxygen atoms in total. The van der Waals surface area contributed by atoms with E-state index in [9.17, 15) is 8.42 Å². The van der Waals surface area contributed by atoms with E-state index < -0.39 is 10.0 Å². The van der Waals surface area contributed by atoms with Crippen LogP contribution in [-0.4, -0.2) is 50.8 Å². The standard InChI is InChI=1S/C13H19BrN2O2S/c1-15(2)11-6-5-9-16(10-11)19(17,18)13-8-4-3-7-12(13)14/h3-4,7-8,11H,5-6,9-10H2,1-2H3. The third-order valence-corrected chi connectivity index (χ3v) is 6.42. The van der Waals surface area contributed by atoms with E-state index in [0.29, 0.717) is 28.5 Å². The smallest absolute Gasteiger partial charge is 0.244 e. The Bertz CT molecular complexity index is 545. The summed E-state index contributed by atoms with van der Waals surface area (Å²) < 4.78 is 27.5. The number of piperidine rings is 1. The van der Waals surface area contributed by atoms with Gasteiger partial charge in [-0.1, -0.05) is 12.1 Å². The average Bonchev–Trinajstić information content (AvgIpc) is 2.39. The molecular weight excluding hydrogens is 328 g/mol. The van der Waals surface area contributed by atoms with Crippen molar-refractivity contribution < 1.29 is 8.42 Å². The molecule has 0 bridgehead atoms. The summed E-state index contributed by atoms with van der Waals surface area (Å²) >= 11 is 3.33. The first kappa shape index (κ1) is 15.0. The maximum Gasteiger partial charge on any atom is 0.244 e. The second kappa shape index (κ2) is 5.91. The van der Waals surface area contributed by atoms with E-state index in [1.807, 2.05) is 20.2 Å². The zero-order valence-corrected chi connectivity index (χ0v) is 13.6. The van der Waals surface area contributed by atoms with Crippen LogP contribution < -0.4 is 0 Å². The number of nitrogens with zero attached hydrogens (tertiary/aromatic N) is 2. The molecule has 19 heavy (non-hydrogen) atoms. The Morgan fingerprint density at radius 2 is 2.00 bits per heavy atom. The lowest BCUT2D eigenvalue weighted by atomic mass is 10.1. The number of hydrogen-bond donors (Lipinski definition) is 0. The van der Waals surface area contributed by atoms with Gasteiger partial charge in [-0.2, -0.15) is 4.31 Å². The van der Waals surface area contributed by atoms with E-state index in [4.69, 9.17) is 0 Å². The lowest BCUT2D eigenvalue weighted by molar-refractivity contribution is 0.190. The van der Waals surface area contributed by atoms with Crippen molar-refractivity contribution in [2.24, 2.45) is 0 Å². The molecule has 1 aliphatic heterocycles. The summed E-state index contributed by atoms with van der Waals surface area (Å²) in [5, 5.41) is 0. The summed E-state index contributed by atoms with van der Waals surface area (Å²) in [4.78, 5) is 2.45. The van der Waals surface area contributed by atoms with Gasteiger partial charge in [-0.3, -0.25) is 0 Å². The molecule has 1 fully saturated rings. The van der Waals surface area contributed by atoms with Crippen LogP contribution in [0.15, 0.2) is 33.6 Å². The average molecular weight is 347 g/mol. The molecule has 2 rings (SSSR count). The molecular formula is C13H19BrN2O2S. The lowest BCUT2D eigenvalue weighted by Gasteiger charge is -2.35. The Morgan fingerprint density at radius 1 is 1.32 bits per heavy atom. The molecule has 1 aliphatic rings. The van der Waals surface area contributed by atoms with Crippen LogP contribution in [0.25, 0.3) is 0 Å². The minimum Gasteiger partial charge on any atom is -0.305 e. The van der Waals surface area contributed by atoms with Crippen molar-refractivity contribution >= 4 is 26.0 Å². The molecule has 1 heterocycles. The Labute approximate surface area is 123 Å². The third kappa shape index (κ3) is 3.18. The summed E-state index contributed by atoms with van der Waals surface area (Å²) in [6, 6.07) is 7.29. The number of halogens is 1. The summed E-state index contributed by atoms with van der Waals surface area (Å²) in [5.41, 5.74) is 0. The highest BCUT2D eigenvalue weighted by atomic mass is 79.9. The molecule has 0 aliphatic carbocycles. The van der Waals surface area contributed by atoms with E-state index in [1.54, 1.807) is 22.5 Å². The van der Waals surface area contributed by atoms with Gasteiger partial charge in [0.1, 0.15) is 0 Å². The summed E-state index contributed by atoms with van der Waals surface area (Å²) in [7, 11) is 0.599. The molecule has 1 unspecified atom stereocenters. The summed E-state index contributed by atoms with van der Waals surface area (Å²) in [6.07, 6.45) is 1.96. The molecule has 1 aromatic rings. The molecule has 0 N–H and O–H groups in total. The Hall–Kier alpha value is -0.430. The molecule has 0 amide bonds. The third-order valence-electron chi connectivity index (χ3n) is 3.54. The molecule has 1 saturated heterocycles. The SMILES string of the molecule is CN(C)C1CCCN(S(=O)(=O)c2ccccc2Br)C1. The first-order valence-electron chi connectivity index (χ1n) is 6.34. The number of sulfonamides is 1. The van der Waals surface area contributed by atoms with Gasteiger partial charge in [0.05, 0.1) is 4.90 Å². The minimum atomic E-state index is -3.40. The normalized spacial score (nSPS) is 21.8. The van der Waals surface area contributed by atoms with Gasteiger partial charge in [0, 0.05) is 23.6 Å². The second-order valence-corrected chi connectivity index (χ2v) is 7.81. The largest absolute Gasteiger partial charge is 0.305 e. The van der Waals surface area contributed by atoms with Crippen LogP contribution in [0.2, 0.25) is 0 Å². The fourth-order valence-corrected chi connectivity index (χ4v) is 4.83. The van der Waals surface area contributed by atoms with Crippen LogP contribution >= 0.6 is 15.9 Å². The monoisotopic (exact) mass is 346 g/mol. The fourth-order valence-electron chi connectivity index (χ4n) is 2.35. The highest BCUT2D eigenvalue weighted by Gasteiger charge is 2.31. The number of hydrogen-bond acceptors (Lipinski definition) is 3. The van der Waals surface area contributed by atoms with Crippen molar-refractivity contribution in [3.63, 3.8) is 0 Å². The van der Waals surface area contributed by atoms with E-state index in [2.05, 4.69) is 20.8 Å². The van der Waals surface area contributed by atoms with Gasteiger partial charge in [-0.25, -0.2) is 8.42 Å². The van der Waals surface area contributed by atoms with Crippen LogP contribution in [0.4, 0.5) is 0 Å². The van der Waals surface area contributed by atoms with Crippen LogP contribution in [0, 0.1) is 0 Å². The number of benzene rings is 1. The molecule has 0 spiro atoms. The van der Waals surface area contributed by atoms with Crippen molar-refractivity contribution in [3.05, 3.63) is 28.7 Å². The maximum absolute atomic E-state index is 12.7. The van der Waals surface area contributed by atoms with Crippen LogP contribution in [-0.2, 0) is 10.0 Å². The van der Waals surface area contributed by atoms with Crippen molar-refractivity contribution in [2.45, 2.75) is 23.8 Å². The van der Waals surface area contributed by atoms with Crippen LogP contribution in [0.1, 0.15) is 12.8 Å². The fraction of sp³-hybridized carbons (Fsp3) is 0.538. The quantitative estimate of drug-likeness (QED) is 0.841. The van der Waals surface area contributed by atoms with Gasteiger partial charge in [0.2, 0.25) is 10.0 Å². The van der Waals surface area contributed by atoms with Crippen molar-refractivity contribution in [1.82, 2.24) is 9.21 Å². The zero-order chi connectivity index (χ0) is 14.0. The minimum absolute atomic E-state index is 0.297. The van der Waals surface area contributed by atoms with Crippen LogP contribution in [0.5, 0.6) is 0 Å². The first-order valence-corrected chi connectivity index (χ1v) is 8.57. The molecule has 0 saturated carbocycles. The van der Waals surface area contributed by atoms with Crippen molar-refractivity contribution in [2.75, 3.05) is 27.2 Å². The zero-order valence-electron chi connectivity index (χ0n) is 11.2. The van der Waals surface area contributed by atoms with Gasteiger partial charge in [0.25, 0.3) is 0 Å². The summed E-state index contributed by atoms with van der Waals surface area (Å²) in [6.45, 7) is 1.17. The molecule has 1 aromatic carbocycles. The van der Waals surface area contributed by atoms with Gasteiger partial charge in [0.15, 0.2) is 0 Å². The molecule has 6 heteroatoms. The highest BCUT2D eigenvalue weighted by molar-refractivity contribution is 9.10. The first-order chi connectivity index (χ1) is 8.93. The van der Waals surface area contributed by atoms with E-state index in [0.717, 1.165) is 12.8 Å². The lowest BCUT2D eigenvalue weighted by Crippen LogP contribution is -2.47. The van der Waals surface area contributed by atoms with Gasteiger partial charge < -0.3 is 4.90 Å². The van der Waals surface area contributed by atoms with Crippen LogP contribution in [0.3, 0.4) is 0 Å². The molecule has 0 radical (unpaired) electrons. The van der Waals surface area contributed by atoms with Crippen molar-refractivity contribution in [3.8, 4) is 0 Å². The van der Waals surface area contributed by atoms with E-state index >= 15 is 0 Å². The Morgan fingerprint density at radius 3 is 2.63 bits per heavy atom. The summed E-state index contributed by atoms with van der Waals surface area (Å²) in [5.74, 6) is 0. The Kier molecular flexibility index (Phi) is 4.66. The topological polar surface area (TPSA) is 40.6 Å². The Balaban J connectivity index is 2.28. The van der Waals surface area contributed by atoms with Gasteiger partial charge >= 0.3 is 0 Å². The predicted octanol–water partition coefficient (Wildman–Crippen LogP) is 2.16. The van der Waals surface area contributed by atoms with Gasteiger partial charge in [-0.05, 0) is 55.0 Å². The van der Waals surface area contributed by atoms with E-state index in [-0.39, 0.29) is 0 Å². The van der Waals surface area contributed by atoms with Gasteiger partial charge in [-0.15, -0.1) is 0 Å². The number of rotatable bonds is 3. The van der Waals surface area contributed by atoms with Crippen molar-refractivity contribution in [1.29, 1.82) is 0 Å². The maximum atomic E-state index is 12.7. The van der Waals surface area contributed by atoms with E-state index in [1.165, 1.54) is 0 Å². The molecule has 106 valence electrons. The highest BCUT2D eigenvalue weighted by Crippen LogP contribution is 2.27.